The lowest BCUT2D eigenvalue weighted by Gasteiger charge is -2.26. The first kappa shape index (κ1) is 14.3. The monoisotopic (exact) mass is 303 g/mol. The van der Waals surface area contributed by atoms with Crippen LogP contribution in [0.3, 0.4) is 0 Å². The van der Waals surface area contributed by atoms with Crippen molar-refractivity contribution in [2.24, 2.45) is 5.92 Å². The molecule has 2 aromatic rings. The van der Waals surface area contributed by atoms with Gasteiger partial charge in [-0.15, -0.1) is 0 Å². The summed E-state index contributed by atoms with van der Waals surface area (Å²) in [5.41, 5.74) is 1.22. The molecule has 4 heteroatoms. The molecule has 110 valence electrons. The Bertz CT molecular complexity index is 663. The summed E-state index contributed by atoms with van der Waals surface area (Å²) in [6.45, 7) is 2.24. The van der Waals surface area contributed by atoms with Gasteiger partial charge < -0.3 is 4.74 Å². The van der Waals surface area contributed by atoms with Gasteiger partial charge in [0, 0.05) is 5.39 Å². The van der Waals surface area contributed by atoms with Gasteiger partial charge in [0.05, 0.1) is 11.1 Å². The molecule has 0 bridgehead atoms. The smallest absolute Gasteiger partial charge is 0.339 e. The molecule has 0 N–H and O–H groups in total. The first-order valence-electron chi connectivity index (χ1n) is 7.40. The summed E-state index contributed by atoms with van der Waals surface area (Å²) < 4.78 is 5.66. The Morgan fingerprint density at radius 1 is 1.24 bits per heavy atom. The summed E-state index contributed by atoms with van der Waals surface area (Å²) in [7, 11) is 0. The molecule has 0 unspecified atom stereocenters. The summed E-state index contributed by atoms with van der Waals surface area (Å²) in [6, 6.07) is 9.08. The number of halogens is 1. The Hall–Kier alpha value is -1.61. The minimum atomic E-state index is -0.296. The number of carbonyl (C=O) groups is 1. The highest BCUT2D eigenvalue weighted by atomic mass is 35.5. The number of para-hydroxylation sites is 1. The summed E-state index contributed by atoms with van der Waals surface area (Å²) in [5, 5.41) is 1.11. The standard InChI is InChI=1S/C17H18ClNO2/c1-11-6-8-12(9-7-11)21-17(20)14-10-16(18)19-15-5-3-2-4-13(14)15/h2-5,10-12H,6-9H2,1H3. The molecule has 0 aliphatic heterocycles. The van der Waals surface area contributed by atoms with E-state index in [-0.39, 0.29) is 12.1 Å². The molecule has 1 aromatic carbocycles. The van der Waals surface area contributed by atoms with E-state index in [0.29, 0.717) is 16.2 Å². The molecular weight excluding hydrogens is 286 g/mol. The van der Waals surface area contributed by atoms with Crippen LogP contribution in [0.15, 0.2) is 30.3 Å². The van der Waals surface area contributed by atoms with Gasteiger partial charge >= 0.3 is 5.97 Å². The predicted octanol–water partition coefficient (Wildman–Crippen LogP) is 4.62. The molecule has 21 heavy (non-hydrogen) atoms. The number of aromatic nitrogens is 1. The van der Waals surface area contributed by atoms with Crippen LogP contribution in [0.1, 0.15) is 43.0 Å². The Morgan fingerprint density at radius 2 is 1.95 bits per heavy atom. The van der Waals surface area contributed by atoms with Crippen LogP contribution in [0, 0.1) is 5.92 Å². The van der Waals surface area contributed by atoms with Gasteiger partial charge in [-0.3, -0.25) is 0 Å². The summed E-state index contributed by atoms with van der Waals surface area (Å²) >= 11 is 6.01. The number of hydrogen-bond acceptors (Lipinski definition) is 3. The van der Waals surface area contributed by atoms with E-state index >= 15 is 0 Å². The van der Waals surface area contributed by atoms with Crippen molar-refractivity contribution in [2.45, 2.75) is 38.7 Å². The SMILES string of the molecule is CC1CCC(OC(=O)c2cc(Cl)nc3ccccc23)CC1. The molecule has 0 spiro atoms. The highest BCUT2D eigenvalue weighted by Crippen LogP contribution is 2.27. The molecule has 1 fully saturated rings. The summed E-state index contributed by atoms with van der Waals surface area (Å²) in [5.74, 6) is 0.436. The van der Waals surface area contributed by atoms with Crippen LogP contribution in [0.25, 0.3) is 10.9 Å². The fourth-order valence-corrected chi connectivity index (χ4v) is 3.07. The number of hydrogen-bond donors (Lipinski definition) is 0. The maximum atomic E-state index is 12.5. The summed E-state index contributed by atoms with van der Waals surface area (Å²) in [6.07, 6.45) is 4.17. The van der Waals surface area contributed by atoms with Gasteiger partial charge in [0.2, 0.25) is 0 Å². The lowest BCUT2D eigenvalue weighted by Crippen LogP contribution is -2.23. The van der Waals surface area contributed by atoms with Gasteiger partial charge in [0.25, 0.3) is 0 Å². The Balaban J connectivity index is 1.84. The van der Waals surface area contributed by atoms with Crippen molar-refractivity contribution < 1.29 is 9.53 Å². The number of nitrogens with zero attached hydrogens (tertiary/aromatic N) is 1. The van der Waals surface area contributed by atoms with E-state index in [1.165, 1.54) is 0 Å². The van der Waals surface area contributed by atoms with Crippen molar-refractivity contribution in [1.29, 1.82) is 0 Å². The summed E-state index contributed by atoms with van der Waals surface area (Å²) in [4.78, 5) is 16.7. The van der Waals surface area contributed by atoms with Gasteiger partial charge in [0.1, 0.15) is 11.3 Å². The van der Waals surface area contributed by atoms with Crippen molar-refractivity contribution in [3.05, 3.63) is 41.0 Å². The van der Waals surface area contributed by atoms with Gasteiger partial charge in [-0.1, -0.05) is 36.7 Å². The fraction of sp³-hybridized carbons (Fsp3) is 0.412. The number of benzene rings is 1. The molecule has 1 heterocycles. The van der Waals surface area contributed by atoms with Crippen LogP contribution >= 0.6 is 11.6 Å². The zero-order valence-electron chi connectivity index (χ0n) is 12.0. The molecule has 3 rings (SSSR count). The molecule has 1 saturated carbocycles. The Morgan fingerprint density at radius 3 is 2.71 bits per heavy atom. The number of fused-ring (bicyclic) bond motifs is 1. The molecule has 0 saturated heterocycles. The molecule has 0 amide bonds. The molecular formula is C17H18ClNO2. The molecule has 1 aromatic heterocycles. The normalized spacial score (nSPS) is 22.2. The second-order valence-electron chi connectivity index (χ2n) is 5.80. The van der Waals surface area contributed by atoms with Crippen molar-refractivity contribution in [3.8, 4) is 0 Å². The largest absolute Gasteiger partial charge is 0.459 e. The number of ether oxygens (including phenoxy) is 1. The maximum absolute atomic E-state index is 12.5. The number of esters is 1. The second kappa shape index (κ2) is 6.02. The third kappa shape index (κ3) is 3.18. The van der Waals surface area contributed by atoms with Crippen LogP contribution in [0.2, 0.25) is 5.15 Å². The van der Waals surface area contributed by atoms with Crippen LogP contribution in [-0.2, 0) is 4.74 Å². The Labute approximate surface area is 129 Å². The van der Waals surface area contributed by atoms with E-state index < -0.39 is 0 Å². The zero-order chi connectivity index (χ0) is 14.8. The molecule has 3 nitrogen and oxygen atoms in total. The van der Waals surface area contributed by atoms with E-state index in [9.17, 15) is 4.79 Å². The lowest BCUT2D eigenvalue weighted by atomic mass is 9.89. The second-order valence-corrected chi connectivity index (χ2v) is 6.18. The van der Waals surface area contributed by atoms with E-state index in [4.69, 9.17) is 16.3 Å². The van der Waals surface area contributed by atoms with Gasteiger partial charge in [-0.05, 0) is 43.7 Å². The number of carbonyl (C=O) groups excluding carboxylic acids is 1. The van der Waals surface area contributed by atoms with Crippen molar-refractivity contribution in [3.63, 3.8) is 0 Å². The first-order chi connectivity index (χ1) is 10.1. The van der Waals surface area contributed by atoms with Gasteiger partial charge in [-0.2, -0.15) is 0 Å². The van der Waals surface area contributed by atoms with E-state index in [1.807, 2.05) is 24.3 Å². The number of pyridine rings is 1. The minimum Gasteiger partial charge on any atom is -0.459 e. The average molecular weight is 304 g/mol. The van der Waals surface area contributed by atoms with Crippen molar-refractivity contribution in [2.75, 3.05) is 0 Å². The van der Waals surface area contributed by atoms with Crippen LogP contribution in [-0.4, -0.2) is 17.1 Å². The molecule has 1 aliphatic rings. The first-order valence-corrected chi connectivity index (χ1v) is 7.77. The van der Waals surface area contributed by atoms with Gasteiger partial charge in [-0.25, -0.2) is 9.78 Å². The minimum absolute atomic E-state index is 0.0272. The molecule has 0 atom stereocenters. The third-order valence-corrected chi connectivity index (χ3v) is 4.34. The molecule has 1 aliphatic carbocycles. The lowest BCUT2D eigenvalue weighted by molar-refractivity contribution is 0.0176. The Kier molecular flexibility index (Phi) is 4.11. The topological polar surface area (TPSA) is 39.2 Å². The van der Waals surface area contributed by atoms with Crippen molar-refractivity contribution in [1.82, 2.24) is 4.98 Å². The quantitative estimate of drug-likeness (QED) is 0.600. The van der Waals surface area contributed by atoms with Crippen LogP contribution in [0.5, 0.6) is 0 Å². The van der Waals surface area contributed by atoms with E-state index in [1.54, 1.807) is 6.07 Å². The highest BCUT2D eigenvalue weighted by Gasteiger charge is 2.23. The van der Waals surface area contributed by atoms with E-state index in [0.717, 1.165) is 37.0 Å². The van der Waals surface area contributed by atoms with Crippen LogP contribution < -0.4 is 0 Å². The fourth-order valence-electron chi connectivity index (χ4n) is 2.87. The predicted molar refractivity (Wildman–Crippen MR) is 83.6 cm³/mol. The van der Waals surface area contributed by atoms with Crippen molar-refractivity contribution >= 4 is 28.5 Å². The van der Waals surface area contributed by atoms with Crippen LogP contribution in [0.4, 0.5) is 0 Å². The number of rotatable bonds is 2. The average Bonchev–Trinajstić information content (AvgIpc) is 2.48. The maximum Gasteiger partial charge on any atom is 0.339 e. The third-order valence-electron chi connectivity index (χ3n) is 4.14. The van der Waals surface area contributed by atoms with E-state index in [2.05, 4.69) is 11.9 Å². The van der Waals surface area contributed by atoms with Gasteiger partial charge in [0.15, 0.2) is 0 Å². The highest BCUT2D eigenvalue weighted by molar-refractivity contribution is 6.30. The zero-order valence-corrected chi connectivity index (χ0v) is 12.8. The molecule has 0 radical (unpaired) electrons.